The number of hydrogen-bond acceptors (Lipinski definition) is 7. The molecule has 4 heterocycles. The molecule has 8 nitrogen and oxygen atoms in total. The van der Waals surface area contributed by atoms with Crippen molar-refractivity contribution in [2.24, 2.45) is 11.7 Å². The summed E-state index contributed by atoms with van der Waals surface area (Å²) in [6, 6.07) is 4.78. The number of alkyl halides is 1. The molecule has 0 saturated carbocycles. The van der Waals surface area contributed by atoms with Crippen LogP contribution in [0.1, 0.15) is 0 Å². The van der Waals surface area contributed by atoms with E-state index in [1.165, 1.54) is 18.6 Å². The van der Waals surface area contributed by atoms with Crippen LogP contribution in [-0.2, 0) is 4.79 Å². The van der Waals surface area contributed by atoms with Gasteiger partial charge in [-0.25, -0.2) is 19.8 Å². The summed E-state index contributed by atoms with van der Waals surface area (Å²) in [7, 11) is 0. The zero-order valence-corrected chi connectivity index (χ0v) is 14.3. The normalized spacial score (nSPS) is 28.0. The maximum absolute atomic E-state index is 14.1. The van der Waals surface area contributed by atoms with Crippen molar-refractivity contribution in [2.45, 2.75) is 18.5 Å². The number of aromatic nitrogens is 2. The smallest absolute Gasteiger partial charge is 0.233 e. The number of amides is 1. The summed E-state index contributed by atoms with van der Waals surface area (Å²) in [5.74, 6) is -1.68. The van der Waals surface area contributed by atoms with Gasteiger partial charge in [-0.2, -0.15) is 4.39 Å². The van der Waals surface area contributed by atoms with Crippen LogP contribution in [0.2, 0.25) is 0 Å². The van der Waals surface area contributed by atoms with E-state index in [4.69, 9.17) is 5.73 Å². The van der Waals surface area contributed by atoms with Crippen LogP contribution < -0.4 is 21.8 Å². The average Bonchev–Trinajstić information content (AvgIpc) is 2.97. The molecule has 27 heavy (non-hydrogen) atoms. The summed E-state index contributed by atoms with van der Waals surface area (Å²) in [5, 5.41) is 7.38. The fourth-order valence-electron chi connectivity index (χ4n) is 3.51. The number of pyridine rings is 2. The van der Waals surface area contributed by atoms with Gasteiger partial charge >= 0.3 is 0 Å². The quantitative estimate of drug-likeness (QED) is 0.568. The number of carbonyl (C=O) groups excluding carboxylic acids is 1. The molecule has 0 radical (unpaired) electrons. The van der Waals surface area contributed by atoms with Crippen LogP contribution in [0.25, 0.3) is 11.1 Å². The fourth-order valence-corrected chi connectivity index (χ4v) is 3.51. The van der Waals surface area contributed by atoms with Gasteiger partial charge in [0.2, 0.25) is 11.9 Å². The second-order valence-electron chi connectivity index (χ2n) is 6.54. The molecule has 2 aromatic heterocycles. The Morgan fingerprint density at radius 3 is 3.00 bits per heavy atom. The summed E-state index contributed by atoms with van der Waals surface area (Å²) < 4.78 is 27.7. The molecular weight excluding hydrogens is 356 g/mol. The number of rotatable bonds is 3. The molecule has 5 N–H and O–H groups in total. The molecule has 10 heteroatoms. The predicted octanol–water partition coefficient (Wildman–Crippen LogP) is 0.210. The third-order valence-corrected chi connectivity index (χ3v) is 4.75. The number of hydrazine groups is 1. The number of nitrogens with one attached hydrogen (secondary N) is 3. The lowest BCUT2D eigenvalue weighted by molar-refractivity contribution is -0.121. The molecule has 4 atom stereocenters. The topological polar surface area (TPSA) is 108 Å². The lowest BCUT2D eigenvalue weighted by Crippen LogP contribution is -2.58. The molecule has 0 aromatic carbocycles. The maximum atomic E-state index is 14.1. The zero-order chi connectivity index (χ0) is 19.0. The van der Waals surface area contributed by atoms with Gasteiger partial charge in [0.15, 0.2) is 0 Å². The van der Waals surface area contributed by atoms with E-state index in [-0.39, 0.29) is 24.6 Å². The average molecular weight is 375 g/mol. The van der Waals surface area contributed by atoms with Crippen molar-refractivity contribution in [3.05, 3.63) is 42.7 Å². The van der Waals surface area contributed by atoms with Crippen molar-refractivity contribution in [1.82, 2.24) is 25.7 Å². The lowest BCUT2D eigenvalue weighted by Gasteiger charge is -2.33. The Hall–Kier alpha value is -2.53. The van der Waals surface area contributed by atoms with Gasteiger partial charge < -0.3 is 11.1 Å². The number of nitrogens with two attached hydrogens (primary N) is 1. The third-order valence-electron chi connectivity index (χ3n) is 4.75. The molecule has 4 rings (SSSR count). The first-order chi connectivity index (χ1) is 13.0. The molecule has 2 aliphatic rings. The maximum Gasteiger partial charge on any atom is 0.233 e. The molecule has 0 aliphatic carbocycles. The van der Waals surface area contributed by atoms with E-state index in [1.54, 1.807) is 23.2 Å². The predicted molar refractivity (Wildman–Crippen MR) is 94.0 cm³/mol. The van der Waals surface area contributed by atoms with Gasteiger partial charge in [-0.15, -0.1) is 0 Å². The Labute approximate surface area is 154 Å². The first kappa shape index (κ1) is 17.9. The minimum atomic E-state index is -1.04. The highest BCUT2D eigenvalue weighted by molar-refractivity contribution is 5.97. The van der Waals surface area contributed by atoms with Gasteiger partial charge in [0.1, 0.15) is 6.17 Å². The highest BCUT2D eigenvalue weighted by atomic mass is 19.1. The molecule has 2 aromatic rings. The number of nitrogens with zero attached hydrogens (tertiary/aromatic N) is 3. The Kier molecular flexibility index (Phi) is 4.79. The third kappa shape index (κ3) is 3.39. The summed E-state index contributed by atoms with van der Waals surface area (Å²) >= 11 is 0. The monoisotopic (exact) mass is 375 g/mol. The standard InChI is InChI=1S/C17H19F2N7O/c18-9-6-23-16-13(15(20)25-26(16)8-9)17(27)24-12-7-21-5-3-10(12)11-2-1-4-22-14(11)19/h1-5,7,9,13,15-16,23,25H,6,8,20H2,(H,24,27). The van der Waals surface area contributed by atoms with Crippen LogP contribution in [0.3, 0.4) is 0 Å². The second-order valence-corrected chi connectivity index (χ2v) is 6.54. The van der Waals surface area contributed by atoms with E-state index >= 15 is 0 Å². The summed E-state index contributed by atoms with van der Waals surface area (Å²) in [6.07, 6.45) is 2.15. The van der Waals surface area contributed by atoms with E-state index < -0.39 is 30.4 Å². The Balaban J connectivity index is 1.58. The van der Waals surface area contributed by atoms with Gasteiger partial charge in [-0.3, -0.25) is 15.1 Å². The molecule has 2 aliphatic heterocycles. The van der Waals surface area contributed by atoms with Crippen molar-refractivity contribution in [3.63, 3.8) is 0 Å². The molecule has 0 bridgehead atoms. The molecule has 4 unspecified atom stereocenters. The van der Waals surface area contributed by atoms with Gasteiger partial charge in [0.05, 0.1) is 30.1 Å². The largest absolute Gasteiger partial charge is 0.324 e. The number of hydrogen-bond donors (Lipinski definition) is 4. The van der Waals surface area contributed by atoms with Crippen LogP contribution >= 0.6 is 0 Å². The lowest BCUT2D eigenvalue weighted by atomic mass is 10.0. The summed E-state index contributed by atoms with van der Waals surface area (Å²) in [5.41, 5.74) is 10.0. The van der Waals surface area contributed by atoms with Gasteiger partial charge in [-0.1, -0.05) is 0 Å². The van der Waals surface area contributed by atoms with Crippen LogP contribution in [0, 0.1) is 11.9 Å². The minimum absolute atomic E-state index is 0.147. The van der Waals surface area contributed by atoms with Crippen LogP contribution in [0.15, 0.2) is 36.8 Å². The molecule has 2 saturated heterocycles. The van der Waals surface area contributed by atoms with E-state index in [9.17, 15) is 13.6 Å². The van der Waals surface area contributed by atoms with Crippen molar-refractivity contribution in [2.75, 3.05) is 18.4 Å². The molecular formula is C17H19F2N7O. The molecule has 0 spiro atoms. The number of halogens is 2. The fraction of sp³-hybridized carbons (Fsp3) is 0.353. The SMILES string of the molecule is NC1NN2CC(F)CNC2C1C(=O)Nc1cnccc1-c1cccnc1F. The molecule has 142 valence electrons. The van der Waals surface area contributed by atoms with Crippen LogP contribution in [-0.4, -0.2) is 52.5 Å². The van der Waals surface area contributed by atoms with Crippen molar-refractivity contribution in [1.29, 1.82) is 0 Å². The van der Waals surface area contributed by atoms with Gasteiger partial charge in [-0.05, 0) is 18.2 Å². The van der Waals surface area contributed by atoms with Crippen LogP contribution in [0.4, 0.5) is 14.5 Å². The van der Waals surface area contributed by atoms with Crippen molar-refractivity contribution >= 4 is 11.6 Å². The Bertz CT molecular complexity index is 852. The first-order valence-corrected chi connectivity index (χ1v) is 8.56. The van der Waals surface area contributed by atoms with Gasteiger partial charge in [0, 0.05) is 36.6 Å². The first-order valence-electron chi connectivity index (χ1n) is 8.56. The zero-order valence-electron chi connectivity index (χ0n) is 14.3. The van der Waals surface area contributed by atoms with Gasteiger partial charge in [0.25, 0.3) is 0 Å². The number of carbonyl (C=O) groups is 1. The number of anilines is 1. The van der Waals surface area contributed by atoms with Crippen molar-refractivity contribution in [3.8, 4) is 11.1 Å². The minimum Gasteiger partial charge on any atom is -0.324 e. The Morgan fingerprint density at radius 2 is 2.19 bits per heavy atom. The molecule has 2 fully saturated rings. The van der Waals surface area contributed by atoms with E-state index in [0.717, 1.165) is 0 Å². The van der Waals surface area contributed by atoms with E-state index in [0.29, 0.717) is 11.3 Å². The highest BCUT2D eigenvalue weighted by Crippen LogP contribution is 2.30. The number of fused-ring (bicyclic) bond motifs is 1. The van der Waals surface area contributed by atoms with Crippen molar-refractivity contribution < 1.29 is 13.6 Å². The van der Waals surface area contributed by atoms with E-state index in [1.807, 2.05) is 0 Å². The summed E-state index contributed by atoms with van der Waals surface area (Å²) in [4.78, 5) is 20.6. The highest BCUT2D eigenvalue weighted by Gasteiger charge is 2.47. The van der Waals surface area contributed by atoms with E-state index in [2.05, 4.69) is 26.0 Å². The Morgan fingerprint density at radius 1 is 1.33 bits per heavy atom. The second kappa shape index (κ2) is 7.24. The summed E-state index contributed by atoms with van der Waals surface area (Å²) in [6.45, 7) is 0.298. The molecule has 1 amide bonds. The van der Waals surface area contributed by atoms with Crippen LogP contribution in [0.5, 0.6) is 0 Å².